The molecule has 162 valence electrons. The third-order valence-electron chi connectivity index (χ3n) is 5.09. The minimum Gasteiger partial charge on any atom is -0.327 e. The molecule has 2 aromatic heterocycles. The zero-order valence-electron chi connectivity index (χ0n) is 16.8. The van der Waals surface area contributed by atoms with E-state index < -0.39 is 21.9 Å². The van der Waals surface area contributed by atoms with Crippen LogP contribution in [-0.2, 0) is 10.0 Å². The third kappa shape index (κ3) is 4.32. The number of halogens is 1. The second-order valence-electron chi connectivity index (χ2n) is 7.20. The lowest BCUT2D eigenvalue weighted by molar-refractivity contribution is 0.0676. The van der Waals surface area contributed by atoms with E-state index in [-0.39, 0.29) is 23.9 Å². The number of amides is 1. The highest BCUT2D eigenvalue weighted by atomic mass is 32.2. The van der Waals surface area contributed by atoms with E-state index in [2.05, 4.69) is 20.2 Å². The molecule has 1 N–H and O–H groups in total. The van der Waals surface area contributed by atoms with E-state index in [1.165, 1.54) is 34.9 Å². The molecule has 1 amide bonds. The first-order valence-corrected chi connectivity index (χ1v) is 11.2. The first kappa shape index (κ1) is 21.1. The Hall–Kier alpha value is -3.18. The predicted molar refractivity (Wildman–Crippen MR) is 109 cm³/mol. The Balaban J connectivity index is 1.71. The summed E-state index contributed by atoms with van der Waals surface area (Å²) in [5.74, 6) is -0.0252. The number of aromatic nitrogens is 4. The lowest BCUT2D eigenvalue weighted by atomic mass is 10.1. The van der Waals surface area contributed by atoms with Crippen LogP contribution in [0.4, 0.5) is 4.39 Å². The summed E-state index contributed by atoms with van der Waals surface area (Å²) < 4.78 is 41.4. The van der Waals surface area contributed by atoms with Crippen molar-refractivity contribution in [2.24, 2.45) is 0 Å². The number of H-pyrrole nitrogens is 1. The van der Waals surface area contributed by atoms with Crippen molar-refractivity contribution in [2.45, 2.75) is 24.3 Å². The average molecular weight is 444 g/mol. The van der Waals surface area contributed by atoms with Gasteiger partial charge in [-0.2, -0.15) is 9.40 Å². The SMILES string of the molecule is Cc1nc(C2CN(S(=O)(=O)c3cccc(F)c3)CCCN2C(=O)c2ccncc2)n[nH]1. The molecule has 1 aromatic carbocycles. The van der Waals surface area contributed by atoms with Crippen molar-refractivity contribution in [3.63, 3.8) is 0 Å². The van der Waals surface area contributed by atoms with Gasteiger partial charge in [-0.25, -0.2) is 17.8 Å². The van der Waals surface area contributed by atoms with Crippen LogP contribution in [0.2, 0.25) is 0 Å². The molecule has 9 nitrogen and oxygen atoms in total. The summed E-state index contributed by atoms with van der Waals surface area (Å²) in [6.07, 6.45) is 3.46. The molecule has 1 atom stereocenters. The van der Waals surface area contributed by atoms with E-state index >= 15 is 0 Å². The van der Waals surface area contributed by atoms with Gasteiger partial charge in [0.2, 0.25) is 10.0 Å². The lowest BCUT2D eigenvalue weighted by Crippen LogP contribution is -2.40. The fourth-order valence-corrected chi connectivity index (χ4v) is 5.10. The van der Waals surface area contributed by atoms with Gasteiger partial charge in [-0.3, -0.25) is 14.9 Å². The number of rotatable bonds is 4. The molecular formula is C20H21FN6O3S. The molecule has 0 saturated carbocycles. The molecule has 0 aliphatic carbocycles. The summed E-state index contributed by atoms with van der Waals surface area (Å²) in [5.41, 5.74) is 0.439. The zero-order valence-corrected chi connectivity index (χ0v) is 17.6. The summed E-state index contributed by atoms with van der Waals surface area (Å²) in [4.78, 5) is 23.0. The fourth-order valence-electron chi connectivity index (χ4n) is 3.58. The van der Waals surface area contributed by atoms with Crippen LogP contribution in [0, 0.1) is 12.7 Å². The van der Waals surface area contributed by atoms with Crippen LogP contribution in [0.3, 0.4) is 0 Å². The molecular weight excluding hydrogens is 423 g/mol. The molecule has 0 bridgehead atoms. The predicted octanol–water partition coefficient (Wildman–Crippen LogP) is 1.93. The highest BCUT2D eigenvalue weighted by Crippen LogP contribution is 2.28. The zero-order chi connectivity index (χ0) is 22.0. The number of nitrogens with zero attached hydrogens (tertiary/aromatic N) is 5. The highest BCUT2D eigenvalue weighted by Gasteiger charge is 2.37. The number of sulfonamides is 1. The van der Waals surface area contributed by atoms with Crippen LogP contribution in [-0.4, -0.2) is 63.3 Å². The number of carbonyl (C=O) groups excluding carboxylic acids is 1. The maximum Gasteiger partial charge on any atom is 0.254 e. The number of carbonyl (C=O) groups is 1. The first-order chi connectivity index (χ1) is 14.9. The van der Waals surface area contributed by atoms with Crippen molar-refractivity contribution in [1.29, 1.82) is 0 Å². The van der Waals surface area contributed by atoms with Crippen molar-refractivity contribution in [3.8, 4) is 0 Å². The van der Waals surface area contributed by atoms with Crippen molar-refractivity contribution in [1.82, 2.24) is 29.4 Å². The summed E-state index contributed by atoms with van der Waals surface area (Å²) in [5, 5.41) is 6.94. The lowest BCUT2D eigenvalue weighted by Gasteiger charge is -2.29. The minimum atomic E-state index is -3.98. The normalized spacial score (nSPS) is 18.0. The van der Waals surface area contributed by atoms with Gasteiger partial charge in [0.25, 0.3) is 5.91 Å². The molecule has 3 heterocycles. The minimum absolute atomic E-state index is 0.0486. The van der Waals surface area contributed by atoms with Gasteiger partial charge in [-0.1, -0.05) is 6.07 Å². The Morgan fingerprint density at radius 2 is 1.97 bits per heavy atom. The maximum absolute atomic E-state index is 13.7. The number of aromatic amines is 1. The highest BCUT2D eigenvalue weighted by molar-refractivity contribution is 7.89. The van der Waals surface area contributed by atoms with Crippen LogP contribution in [0.1, 0.15) is 34.5 Å². The van der Waals surface area contributed by atoms with Gasteiger partial charge in [0, 0.05) is 37.6 Å². The summed E-state index contributed by atoms with van der Waals surface area (Å²) >= 11 is 0. The van der Waals surface area contributed by atoms with E-state index in [4.69, 9.17) is 0 Å². The Labute approximate surface area is 179 Å². The largest absolute Gasteiger partial charge is 0.327 e. The molecule has 4 rings (SSSR count). The molecule has 0 radical (unpaired) electrons. The van der Waals surface area contributed by atoms with Crippen molar-refractivity contribution < 1.29 is 17.6 Å². The summed E-state index contributed by atoms with van der Waals surface area (Å²) in [6, 6.07) is 7.40. The number of hydrogen-bond acceptors (Lipinski definition) is 6. The third-order valence-corrected chi connectivity index (χ3v) is 6.96. The number of pyridine rings is 1. The number of hydrogen-bond donors (Lipinski definition) is 1. The quantitative estimate of drug-likeness (QED) is 0.658. The first-order valence-electron chi connectivity index (χ1n) is 9.72. The molecule has 11 heteroatoms. The summed E-state index contributed by atoms with van der Waals surface area (Å²) in [7, 11) is -3.98. The fraction of sp³-hybridized carbons (Fsp3) is 0.300. The van der Waals surface area contributed by atoms with Gasteiger partial charge < -0.3 is 4.90 Å². The van der Waals surface area contributed by atoms with E-state index in [1.54, 1.807) is 24.0 Å². The van der Waals surface area contributed by atoms with Crippen LogP contribution in [0.5, 0.6) is 0 Å². The van der Waals surface area contributed by atoms with Crippen molar-refractivity contribution in [2.75, 3.05) is 19.6 Å². The van der Waals surface area contributed by atoms with Gasteiger partial charge in [0.05, 0.1) is 4.90 Å². The maximum atomic E-state index is 13.7. The Morgan fingerprint density at radius 1 is 1.19 bits per heavy atom. The van der Waals surface area contributed by atoms with Gasteiger partial charge in [-0.15, -0.1) is 0 Å². The van der Waals surface area contributed by atoms with Gasteiger partial charge in [0.1, 0.15) is 17.7 Å². The van der Waals surface area contributed by atoms with Gasteiger partial charge in [-0.05, 0) is 43.7 Å². The molecule has 31 heavy (non-hydrogen) atoms. The second-order valence-corrected chi connectivity index (χ2v) is 9.14. The molecule has 1 fully saturated rings. The van der Waals surface area contributed by atoms with E-state index in [1.807, 2.05) is 0 Å². The monoisotopic (exact) mass is 444 g/mol. The molecule has 3 aromatic rings. The number of benzene rings is 1. The van der Waals surface area contributed by atoms with Crippen LogP contribution >= 0.6 is 0 Å². The standard InChI is InChI=1S/C20H21FN6O3S/c1-14-23-19(25-24-14)18-13-26(31(29,30)17-5-2-4-16(21)12-17)10-3-11-27(18)20(28)15-6-8-22-9-7-15/h2,4-9,12,18H,3,10-11,13H2,1H3,(H,23,24,25). The Morgan fingerprint density at radius 3 is 2.65 bits per heavy atom. The summed E-state index contributed by atoms with van der Waals surface area (Å²) in [6.45, 7) is 2.17. The number of aryl methyl sites for hydroxylation is 1. The van der Waals surface area contributed by atoms with E-state index in [9.17, 15) is 17.6 Å². The van der Waals surface area contributed by atoms with Gasteiger partial charge >= 0.3 is 0 Å². The number of nitrogens with one attached hydrogen (secondary N) is 1. The van der Waals surface area contributed by atoms with Crippen LogP contribution in [0.25, 0.3) is 0 Å². The van der Waals surface area contributed by atoms with E-state index in [0.29, 0.717) is 30.2 Å². The molecule has 1 unspecified atom stereocenters. The van der Waals surface area contributed by atoms with E-state index in [0.717, 1.165) is 6.07 Å². The van der Waals surface area contributed by atoms with Gasteiger partial charge in [0.15, 0.2) is 5.82 Å². The Kier molecular flexibility index (Phi) is 5.79. The molecule has 1 aliphatic heterocycles. The topological polar surface area (TPSA) is 112 Å². The van der Waals surface area contributed by atoms with Crippen LogP contribution in [0.15, 0.2) is 53.7 Å². The average Bonchev–Trinajstić information content (AvgIpc) is 3.07. The molecule has 1 saturated heterocycles. The molecule has 1 aliphatic rings. The van der Waals surface area contributed by atoms with Crippen LogP contribution < -0.4 is 0 Å². The van der Waals surface area contributed by atoms with Crippen molar-refractivity contribution in [3.05, 3.63) is 71.8 Å². The van der Waals surface area contributed by atoms with Crippen molar-refractivity contribution >= 4 is 15.9 Å². The molecule has 0 spiro atoms. The smallest absolute Gasteiger partial charge is 0.254 e. The second kappa shape index (κ2) is 8.52. The Bertz CT molecular complexity index is 1180.